The minimum atomic E-state index is 0.142. The van der Waals surface area contributed by atoms with Crippen molar-refractivity contribution in [2.75, 3.05) is 26.2 Å². The summed E-state index contributed by atoms with van der Waals surface area (Å²) < 4.78 is 5.91. The first-order chi connectivity index (χ1) is 14.1. The minimum Gasteiger partial charge on any atom is -0.489 e. The zero-order valence-corrected chi connectivity index (χ0v) is 18.5. The molecule has 1 amide bonds. The van der Waals surface area contributed by atoms with E-state index in [1.54, 1.807) is 11.3 Å². The van der Waals surface area contributed by atoms with E-state index in [1.807, 2.05) is 22.4 Å². The molecule has 0 unspecified atom stereocenters. The van der Waals surface area contributed by atoms with Crippen LogP contribution in [0.1, 0.15) is 31.2 Å². The van der Waals surface area contributed by atoms with Crippen LogP contribution in [0.2, 0.25) is 0 Å². The molecule has 3 heterocycles. The van der Waals surface area contributed by atoms with Gasteiger partial charge in [0.1, 0.15) is 12.4 Å². The van der Waals surface area contributed by atoms with Gasteiger partial charge in [0, 0.05) is 43.2 Å². The van der Waals surface area contributed by atoms with E-state index in [0.717, 1.165) is 48.9 Å². The molecule has 6 heteroatoms. The highest BCUT2D eigenvalue weighted by Gasteiger charge is 2.23. The number of benzene rings is 1. The molecular formula is C23H26N2O2S2. The summed E-state index contributed by atoms with van der Waals surface area (Å²) in [6.07, 6.45) is 0. The number of ether oxygens (including phenoxy) is 1. The average Bonchev–Trinajstić information content (AvgIpc) is 3.41. The first-order valence-electron chi connectivity index (χ1n) is 9.90. The van der Waals surface area contributed by atoms with Gasteiger partial charge in [-0.1, -0.05) is 12.1 Å². The van der Waals surface area contributed by atoms with Crippen LogP contribution in [0, 0.1) is 13.8 Å². The van der Waals surface area contributed by atoms with Gasteiger partial charge in [-0.05, 0) is 60.0 Å². The highest BCUT2D eigenvalue weighted by atomic mass is 32.1. The molecule has 0 radical (unpaired) electrons. The highest BCUT2D eigenvalue weighted by Crippen LogP contribution is 2.22. The van der Waals surface area contributed by atoms with Gasteiger partial charge in [-0.2, -0.15) is 0 Å². The number of amides is 1. The van der Waals surface area contributed by atoms with Crippen molar-refractivity contribution in [2.45, 2.75) is 27.0 Å². The molecule has 3 aromatic rings. The van der Waals surface area contributed by atoms with Crippen LogP contribution in [0.15, 0.2) is 47.2 Å². The van der Waals surface area contributed by atoms with Gasteiger partial charge in [-0.3, -0.25) is 9.69 Å². The van der Waals surface area contributed by atoms with Crippen LogP contribution in [0.5, 0.6) is 5.75 Å². The molecule has 1 aliphatic heterocycles. The standard InChI is InChI=1S/C23H26N2O2S2/c1-17-5-6-20(12-18(17)2)27-15-19-13-22(29-16-19)23(26)25-9-7-24(8-10-25)14-21-4-3-11-28-21/h3-6,11-13,16H,7-10,14-15H2,1-2H3. The molecule has 0 aliphatic carbocycles. The Bertz CT molecular complexity index is 957. The van der Waals surface area contributed by atoms with E-state index >= 15 is 0 Å². The van der Waals surface area contributed by atoms with Gasteiger partial charge in [0.2, 0.25) is 0 Å². The van der Waals surface area contributed by atoms with Crippen LogP contribution in [-0.2, 0) is 13.2 Å². The topological polar surface area (TPSA) is 32.8 Å². The van der Waals surface area contributed by atoms with Gasteiger partial charge in [0.25, 0.3) is 5.91 Å². The number of hydrogen-bond donors (Lipinski definition) is 0. The largest absolute Gasteiger partial charge is 0.489 e. The van der Waals surface area contributed by atoms with Crippen molar-refractivity contribution in [3.05, 3.63) is 73.6 Å². The highest BCUT2D eigenvalue weighted by molar-refractivity contribution is 7.12. The van der Waals surface area contributed by atoms with Crippen LogP contribution in [0.3, 0.4) is 0 Å². The minimum absolute atomic E-state index is 0.142. The molecule has 0 saturated carbocycles. The second-order valence-corrected chi connectivity index (χ2v) is 9.45. The molecule has 1 aromatic carbocycles. The Balaban J connectivity index is 1.28. The van der Waals surface area contributed by atoms with Crippen LogP contribution in [-0.4, -0.2) is 41.9 Å². The molecule has 0 N–H and O–H groups in total. The van der Waals surface area contributed by atoms with Gasteiger partial charge in [-0.15, -0.1) is 22.7 Å². The molecule has 1 saturated heterocycles. The molecule has 1 aliphatic rings. The average molecular weight is 427 g/mol. The van der Waals surface area contributed by atoms with Crippen molar-refractivity contribution in [1.82, 2.24) is 9.80 Å². The second-order valence-electron chi connectivity index (χ2n) is 7.50. The van der Waals surface area contributed by atoms with Crippen molar-refractivity contribution < 1.29 is 9.53 Å². The molecule has 0 spiro atoms. The first kappa shape index (κ1) is 20.1. The van der Waals surface area contributed by atoms with Crippen LogP contribution < -0.4 is 4.74 Å². The van der Waals surface area contributed by atoms with E-state index in [9.17, 15) is 4.79 Å². The normalized spacial score (nSPS) is 14.9. The van der Waals surface area contributed by atoms with Gasteiger partial charge in [-0.25, -0.2) is 0 Å². The zero-order chi connectivity index (χ0) is 20.2. The van der Waals surface area contributed by atoms with Crippen LogP contribution >= 0.6 is 22.7 Å². The third-order valence-corrected chi connectivity index (χ3v) is 7.20. The molecule has 152 valence electrons. The molecule has 4 nitrogen and oxygen atoms in total. The lowest BCUT2D eigenvalue weighted by molar-refractivity contribution is 0.0634. The summed E-state index contributed by atoms with van der Waals surface area (Å²) in [5, 5.41) is 4.15. The summed E-state index contributed by atoms with van der Waals surface area (Å²) in [6.45, 7) is 9.09. The van der Waals surface area contributed by atoms with Gasteiger partial charge in [0.05, 0.1) is 4.88 Å². The number of thiophene rings is 2. The van der Waals surface area contributed by atoms with Crippen molar-refractivity contribution in [3.63, 3.8) is 0 Å². The van der Waals surface area contributed by atoms with Crippen molar-refractivity contribution in [1.29, 1.82) is 0 Å². The number of rotatable bonds is 6. The molecule has 0 bridgehead atoms. The Hall–Kier alpha value is -2.15. The maximum atomic E-state index is 12.9. The number of nitrogens with zero attached hydrogens (tertiary/aromatic N) is 2. The van der Waals surface area contributed by atoms with E-state index < -0.39 is 0 Å². The van der Waals surface area contributed by atoms with E-state index in [-0.39, 0.29) is 5.91 Å². The lowest BCUT2D eigenvalue weighted by Gasteiger charge is -2.34. The molecular weight excluding hydrogens is 400 g/mol. The van der Waals surface area contributed by atoms with E-state index in [0.29, 0.717) is 6.61 Å². The lowest BCUT2D eigenvalue weighted by Crippen LogP contribution is -2.48. The van der Waals surface area contributed by atoms with E-state index in [2.05, 4.69) is 48.4 Å². The summed E-state index contributed by atoms with van der Waals surface area (Å²) in [5.74, 6) is 1.01. The Kier molecular flexibility index (Phi) is 6.33. The fraction of sp³-hybridized carbons (Fsp3) is 0.348. The third kappa shape index (κ3) is 5.07. The second kappa shape index (κ2) is 9.11. The molecule has 4 rings (SSSR count). The summed E-state index contributed by atoms with van der Waals surface area (Å²) in [7, 11) is 0. The summed E-state index contributed by atoms with van der Waals surface area (Å²) in [4.78, 5) is 19.5. The van der Waals surface area contributed by atoms with Crippen LogP contribution in [0.25, 0.3) is 0 Å². The van der Waals surface area contributed by atoms with Gasteiger partial charge >= 0.3 is 0 Å². The monoisotopic (exact) mass is 426 g/mol. The maximum absolute atomic E-state index is 12.9. The predicted octanol–water partition coefficient (Wildman–Crippen LogP) is 4.96. The number of carbonyl (C=O) groups is 1. The van der Waals surface area contributed by atoms with Crippen LogP contribution in [0.4, 0.5) is 0 Å². The SMILES string of the molecule is Cc1ccc(OCc2csc(C(=O)N3CCN(Cc4cccs4)CC3)c2)cc1C. The van der Waals surface area contributed by atoms with E-state index in [1.165, 1.54) is 27.3 Å². The summed E-state index contributed by atoms with van der Waals surface area (Å²) in [6, 6.07) is 12.4. The van der Waals surface area contributed by atoms with Crippen molar-refractivity contribution >= 4 is 28.6 Å². The summed E-state index contributed by atoms with van der Waals surface area (Å²) >= 11 is 3.31. The molecule has 2 aromatic heterocycles. The Morgan fingerprint density at radius 1 is 1.03 bits per heavy atom. The third-order valence-electron chi connectivity index (χ3n) is 5.37. The number of piperazine rings is 1. The maximum Gasteiger partial charge on any atom is 0.264 e. The number of carbonyl (C=O) groups excluding carboxylic acids is 1. The predicted molar refractivity (Wildman–Crippen MR) is 120 cm³/mol. The van der Waals surface area contributed by atoms with E-state index in [4.69, 9.17) is 4.74 Å². The Morgan fingerprint density at radius 3 is 2.59 bits per heavy atom. The Labute approximate surface area is 180 Å². The molecule has 29 heavy (non-hydrogen) atoms. The number of hydrogen-bond acceptors (Lipinski definition) is 5. The van der Waals surface area contributed by atoms with Gasteiger partial charge in [0.15, 0.2) is 0 Å². The zero-order valence-electron chi connectivity index (χ0n) is 16.9. The Morgan fingerprint density at radius 2 is 1.86 bits per heavy atom. The smallest absolute Gasteiger partial charge is 0.264 e. The number of aryl methyl sites for hydroxylation is 2. The molecule has 1 fully saturated rings. The fourth-order valence-electron chi connectivity index (χ4n) is 3.42. The molecule has 0 atom stereocenters. The lowest BCUT2D eigenvalue weighted by atomic mass is 10.1. The first-order valence-corrected chi connectivity index (χ1v) is 11.7. The van der Waals surface area contributed by atoms with Crippen molar-refractivity contribution in [3.8, 4) is 5.75 Å². The summed E-state index contributed by atoms with van der Waals surface area (Å²) in [5.41, 5.74) is 3.53. The van der Waals surface area contributed by atoms with Crippen molar-refractivity contribution in [2.24, 2.45) is 0 Å². The quantitative estimate of drug-likeness (QED) is 0.558. The van der Waals surface area contributed by atoms with Gasteiger partial charge < -0.3 is 9.64 Å². The fourth-order valence-corrected chi connectivity index (χ4v) is 5.03.